The van der Waals surface area contributed by atoms with Gasteiger partial charge in [-0.05, 0) is 12.8 Å². The summed E-state index contributed by atoms with van der Waals surface area (Å²) >= 11 is 0. The van der Waals surface area contributed by atoms with E-state index in [9.17, 15) is 0 Å². The summed E-state index contributed by atoms with van der Waals surface area (Å²) in [6.45, 7) is -0.00347. The first-order valence-electron chi connectivity index (χ1n) is 5.91. The lowest BCUT2D eigenvalue weighted by Gasteiger charge is -2.21. The zero-order valence-corrected chi connectivity index (χ0v) is 9.10. The molecule has 0 radical (unpaired) electrons. The Kier molecular flexibility index (Phi) is 3.72. The molecule has 1 N–H and O–H groups in total. The molecule has 0 unspecified atom stereocenters. The van der Waals surface area contributed by atoms with E-state index >= 15 is 0 Å². The molecular formula is C11H19N3O. The van der Waals surface area contributed by atoms with Gasteiger partial charge in [0.15, 0.2) is 5.82 Å². The van der Waals surface area contributed by atoms with Crippen molar-refractivity contribution in [2.45, 2.75) is 57.6 Å². The van der Waals surface area contributed by atoms with Gasteiger partial charge in [0.1, 0.15) is 12.9 Å². The topological polar surface area (TPSA) is 50.9 Å². The first kappa shape index (κ1) is 10.6. The maximum atomic E-state index is 9.14. The SMILES string of the molecule is OCc1nncn1C1CCCCCCC1. The molecule has 2 rings (SSSR count). The van der Waals surface area contributed by atoms with E-state index in [0.717, 1.165) is 0 Å². The van der Waals surface area contributed by atoms with Gasteiger partial charge in [-0.15, -0.1) is 10.2 Å². The molecule has 1 fully saturated rings. The van der Waals surface area contributed by atoms with E-state index in [4.69, 9.17) is 5.11 Å². The molecule has 4 nitrogen and oxygen atoms in total. The van der Waals surface area contributed by atoms with Gasteiger partial charge in [-0.2, -0.15) is 0 Å². The fourth-order valence-electron chi connectivity index (χ4n) is 2.40. The van der Waals surface area contributed by atoms with Gasteiger partial charge in [-0.25, -0.2) is 0 Å². The van der Waals surface area contributed by atoms with Crippen LogP contribution in [-0.4, -0.2) is 19.9 Å². The molecule has 1 saturated carbocycles. The van der Waals surface area contributed by atoms with Crippen LogP contribution < -0.4 is 0 Å². The summed E-state index contributed by atoms with van der Waals surface area (Å²) in [6, 6.07) is 0.502. The van der Waals surface area contributed by atoms with Crippen LogP contribution in [0.25, 0.3) is 0 Å². The van der Waals surface area contributed by atoms with E-state index in [2.05, 4.69) is 14.8 Å². The van der Waals surface area contributed by atoms with Crippen LogP contribution in [0.2, 0.25) is 0 Å². The molecule has 1 aliphatic carbocycles. The average Bonchev–Trinajstić information content (AvgIpc) is 2.65. The summed E-state index contributed by atoms with van der Waals surface area (Å²) in [5, 5.41) is 16.9. The Morgan fingerprint density at radius 3 is 2.53 bits per heavy atom. The van der Waals surface area contributed by atoms with Gasteiger partial charge in [-0.1, -0.05) is 32.1 Å². The highest BCUT2D eigenvalue weighted by atomic mass is 16.3. The van der Waals surface area contributed by atoms with E-state index in [1.807, 2.05) is 0 Å². The van der Waals surface area contributed by atoms with Crippen molar-refractivity contribution < 1.29 is 5.11 Å². The zero-order chi connectivity index (χ0) is 10.5. The van der Waals surface area contributed by atoms with Gasteiger partial charge < -0.3 is 9.67 Å². The Morgan fingerprint density at radius 2 is 1.87 bits per heavy atom. The van der Waals surface area contributed by atoms with Crippen LogP contribution in [0.5, 0.6) is 0 Å². The van der Waals surface area contributed by atoms with Crippen LogP contribution in [0, 0.1) is 0 Å². The number of hydrogen-bond donors (Lipinski definition) is 1. The lowest BCUT2D eigenvalue weighted by atomic mass is 9.96. The molecule has 4 heteroatoms. The first-order valence-corrected chi connectivity index (χ1v) is 5.91. The number of aliphatic hydroxyl groups is 1. The Labute approximate surface area is 90.3 Å². The highest BCUT2D eigenvalue weighted by Crippen LogP contribution is 2.26. The highest BCUT2D eigenvalue weighted by molar-refractivity contribution is 4.87. The fraction of sp³-hybridized carbons (Fsp3) is 0.818. The quantitative estimate of drug-likeness (QED) is 0.811. The molecule has 0 bridgehead atoms. The minimum atomic E-state index is -0.00347. The predicted octanol–water partition coefficient (Wildman–Crippen LogP) is 2.06. The van der Waals surface area contributed by atoms with Crippen molar-refractivity contribution in [1.29, 1.82) is 0 Å². The van der Waals surface area contributed by atoms with Gasteiger partial charge in [0, 0.05) is 6.04 Å². The second-order valence-corrected chi connectivity index (χ2v) is 4.31. The molecule has 1 aromatic heterocycles. The zero-order valence-electron chi connectivity index (χ0n) is 9.10. The predicted molar refractivity (Wildman–Crippen MR) is 57.3 cm³/mol. The summed E-state index contributed by atoms with van der Waals surface area (Å²) in [5.41, 5.74) is 0. The summed E-state index contributed by atoms with van der Waals surface area (Å²) in [5.74, 6) is 0.709. The fourth-order valence-corrected chi connectivity index (χ4v) is 2.40. The summed E-state index contributed by atoms with van der Waals surface area (Å²) in [4.78, 5) is 0. The maximum absolute atomic E-state index is 9.14. The molecule has 0 aliphatic heterocycles. The molecule has 0 amide bonds. The van der Waals surface area contributed by atoms with Crippen LogP contribution >= 0.6 is 0 Å². The van der Waals surface area contributed by atoms with E-state index in [0.29, 0.717) is 11.9 Å². The maximum Gasteiger partial charge on any atom is 0.158 e. The molecule has 15 heavy (non-hydrogen) atoms. The normalized spacial score (nSPS) is 19.8. The Bertz CT molecular complexity index is 290. The van der Waals surface area contributed by atoms with Gasteiger partial charge >= 0.3 is 0 Å². The Balaban J connectivity index is 2.06. The molecule has 1 aromatic rings. The third kappa shape index (κ3) is 2.56. The number of aromatic nitrogens is 3. The smallest absolute Gasteiger partial charge is 0.158 e. The van der Waals surface area contributed by atoms with Gasteiger partial charge in [0.05, 0.1) is 0 Å². The summed E-state index contributed by atoms with van der Waals surface area (Å²) in [7, 11) is 0. The standard InChI is InChI=1S/C11H19N3O/c15-8-11-13-12-9-14(11)10-6-4-2-1-3-5-7-10/h9-10,15H,1-8H2. The van der Waals surface area contributed by atoms with Crippen LogP contribution in [0.4, 0.5) is 0 Å². The van der Waals surface area contributed by atoms with Crippen molar-refractivity contribution >= 4 is 0 Å². The monoisotopic (exact) mass is 209 g/mol. The average molecular weight is 209 g/mol. The number of rotatable bonds is 2. The lowest BCUT2D eigenvalue weighted by Crippen LogP contribution is -2.13. The van der Waals surface area contributed by atoms with E-state index in [1.165, 1.54) is 44.9 Å². The highest BCUT2D eigenvalue weighted by Gasteiger charge is 2.16. The second-order valence-electron chi connectivity index (χ2n) is 4.31. The minimum Gasteiger partial charge on any atom is -0.388 e. The van der Waals surface area contributed by atoms with Crippen LogP contribution in [0.15, 0.2) is 6.33 Å². The molecule has 0 aromatic carbocycles. The van der Waals surface area contributed by atoms with Crippen molar-refractivity contribution in [3.63, 3.8) is 0 Å². The van der Waals surface area contributed by atoms with Crippen LogP contribution in [0.3, 0.4) is 0 Å². The molecule has 0 atom stereocenters. The molecule has 0 saturated heterocycles. The third-order valence-corrected chi connectivity index (χ3v) is 3.26. The van der Waals surface area contributed by atoms with Crippen molar-refractivity contribution in [2.24, 2.45) is 0 Å². The van der Waals surface area contributed by atoms with Gasteiger partial charge in [0.25, 0.3) is 0 Å². The van der Waals surface area contributed by atoms with Gasteiger partial charge in [-0.3, -0.25) is 0 Å². The van der Waals surface area contributed by atoms with Gasteiger partial charge in [0.2, 0.25) is 0 Å². The first-order chi connectivity index (χ1) is 7.42. The molecule has 1 heterocycles. The second kappa shape index (κ2) is 5.26. The van der Waals surface area contributed by atoms with Crippen molar-refractivity contribution in [1.82, 2.24) is 14.8 Å². The summed E-state index contributed by atoms with van der Waals surface area (Å²) < 4.78 is 2.06. The lowest BCUT2D eigenvalue weighted by molar-refractivity contribution is 0.253. The summed E-state index contributed by atoms with van der Waals surface area (Å²) in [6.07, 6.45) is 10.8. The third-order valence-electron chi connectivity index (χ3n) is 3.26. The van der Waals surface area contributed by atoms with Crippen molar-refractivity contribution in [3.8, 4) is 0 Å². The molecule has 1 aliphatic rings. The van der Waals surface area contributed by atoms with Crippen LogP contribution in [0.1, 0.15) is 56.8 Å². The largest absolute Gasteiger partial charge is 0.388 e. The Hall–Kier alpha value is -0.900. The number of aliphatic hydroxyl groups excluding tert-OH is 1. The number of nitrogens with zero attached hydrogens (tertiary/aromatic N) is 3. The molecule has 0 spiro atoms. The minimum absolute atomic E-state index is 0.00347. The molecular weight excluding hydrogens is 190 g/mol. The number of hydrogen-bond acceptors (Lipinski definition) is 3. The Morgan fingerprint density at radius 1 is 1.20 bits per heavy atom. The van der Waals surface area contributed by atoms with E-state index < -0.39 is 0 Å². The van der Waals surface area contributed by atoms with E-state index in [1.54, 1.807) is 6.33 Å². The molecule has 84 valence electrons. The van der Waals surface area contributed by atoms with Crippen molar-refractivity contribution in [3.05, 3.63) is 12.2 Å². The van der Waals surface area contributed by atoms with Crippen molar-refractivity contribution in [2.75, 3.05) is 0 Å². The van der Waals surface area contributed by atoms with E-state index in [-0.39, 0.29) is 6.61 Å². The van der Waals surface area contributed by atoms with Crippen LogP contribution in [-0.2, 0) is 6.61 Å².